The van der Waals surface area contributed by atoms with Crippen LogP contribution in [0.15, 0.2) is 0 Å². The van der Waals surface area contributed by atoms with Crippen molar-refractivity contribution in [3.05, 3.63) is 0 Å². The lowest BCUT2D eigenvalue weighted by atomic mass is 10.2. The molecule has 0 bridgehead atoms. The van der Waals surface area contributed by atoms with E-state index in [9.17, 15) is 4.79 Å². The molecule has 1 rings (SSSR count). The molecule has 0 aromatic carbocycles. The second kappa shape index (κ2) is 6.01. The van der Waals surface area contributed by atoms with Gasteiger partial charge in [-0.05, 0) is 18.8 Å². The van der Waals surface area contributed by atoms with Gasteiger partial charge in [0, 0.05) is 13.0 Å². The second-order valence-electron chi connectivity index (χ2n) is 4.04. The van der Waals surface area contributed by atoms with Gasteiger partial charge in [0.25, 0.3) is 0 Å². The van der Waals surface area contributed by atoms with Crippen molar-refractivity contribution in [3.8, 4) is 0 Å². The number of hydrogen-bond donors (Lipinski definition) is 1. The molecule has 1 fully saturated rings. The molecule has 0 aromatic rings. The van der Waals surface area contributed by atoms with Gasteiger partial charge in [0.1, 0.15) is 0 Å². The van der Waals surface area contributed by atoms with Crippen LogP contribution in [0.1, 0.15) is 51.9 Å². The topological polar surface area (TPSA) is 29.1 Å². The van der Waals surface area contributed by atoms with E-state index in [4.69, 9.17) is 0 Å². The largest absolute Gasteiger partial charge is 0.356 e. The second-order valence-corrected chi connectivity index (χ2v) is 4.04. The van der Waals surface area contributed by atoms with Crippen molar-refractivity contribution in [3.63, 3.8) is 0 Å². The fraction of sp³-hybridized carbons (Fsp3) is 0.909. The van der Waals surface area contributed by atoms with E-state index >= 15 is 0 Å². The monoisotopic (exact) mass is 183 g/mol. The third kappa shape index (κ3) is 5.67. The maximum atomic E-state index is 11.2. The van der Waals surface area contributed by atoms with E-state index in [0.29, 0.717) is 0 Å². The number of carbonyl (C=O) groups excluding carboxylic acids is 1. The molecule has 1 aliphatic carbocycles. The van der Waals surface area contributed by atoms with Gasteiger partial charge >= 0.3 is 0 Å². The van der Waals surface area contributed by atoms with Crippen LogP contribution in [0.4, 0.5) is 0 Å². The average Bonchev–Trinajstić information content (AvgIpc) is 2.92. The zero-order valence-electron chi connectivity index (χ0n) is 8.64. The molecular weight excluding hydrogens is 162 g/mol. The fourth-order valence-electron chi connectivity index (χ4n) is 1.43. The van der Waals surface area contributed by atoms with Crippen LogP contribution in [0.25, 0.3) is 0 Å². The van der Waals surface area contributed by atoms with Crippen molar-refractivity contribution in [2.75, 3.05) is 6.54 Å². The van der Waals surface area contributed by atoms with Crippen molar-refractivity contribution in [2.24, 2.45) is 5.92 Å². The van der Waals surface area contributed by atoms with Gasteiger partial charge in [-0.25, -0.2) is 0 Å². The fourth-order valence-corrected chi connectivity index (χ4v) is 1.43. The summed E-state index contributed by atoms with van der Waals surface area (Å²) < 4.78 is 0. The maximum Gasteiger partial charge on any atom is 0.220 e. The minimum Gasteiger partial charge on any atom is -0.356 e. The van der Waals surface area contributed by atoms with E-state index in [-0.39, 0.29) is 5.91 Å². The Balaban J connectivity index is 1.84. The number of amides is 1. The molecular formula is C11H21NO. The molecule has 13 heavy (non-hydrogen) atoms. The first-order valence-electron chi connectivity index (χ1n) is 5.59. The standard InChI is InChI=1S/C11H21NO/c1-2-3-4-9-12-11(13)8-7-10-5-6-10/h10H,2-9H2,1H3,(H,12,13). The molecule has 0 unspecified atom stereocenters. The van der Waals surface area contributed by atoms with E-state index in [1.807, 2.05) is 0 Å². The van der Waals surface area contributed by atoms with Crippen LogP contribution < -0.4 is 5.32 Å². The van der Waals surface area contributed by atoms with Crippen molar-refractivity contribution in [1.82, 2.24) is 5.32 Å². The molecule has 0 heterocycles. The summed E-state index contributed by atoms with van der Waals surface area (Å²) in [5.74, 6) is 1.13. The molecule has 0 aliphatic heterocycles. The zero-order valence-corrected chi connectivity index (χ0v) is 8.64. The number of rotatable bonds is 7. The van der Waals surface area contributed by atoms with Crippen LogP contribution >= 0.6 is 0 Å². The Labute approximate surface area is 81.1 Å². The Kier molecular flexibility index (Phi) is 4.87. The first-order chi connectivity index (χ1) is 6.33. The summed E-state index contributed by atoms with van der Waals surface area (Å²) >= 11 is 0. The Morgan fingerprint density at radius 1 is 1.38 bits per heavy atom. The molecule has 0 atom stereocenters. The average molecular weight is 183 g/mol. The molecule has 76 valence electrons. The van der Waals surface area contributed by atoms with Crippen LogP contribution in [-0.4, -0.2) is 12.5 Å². The molecule has 0 saturated heterocycles. The summed E-state index contributed by atoms with van der Waals surface area (Å²) in [6.07, 6.45) is 8.13. The lowest BCUT2D eigenvalue weighted by Gasteiger charge is -2.03. The molecule has 2 heteroatoms. The van der Waals surface area contributed by atoms with Gasteiger partial charge in [-0.15, -0.1) is 0 Å². The van der Waals surface area contributed by atoms with Gasteiger partial charge in [0.2, 0.25) is 5.91 Å². The molecule has 0 spiro atoms. The Bertz CT molecular complexity index is 152. The van der Waals surface area contributed by atoms with E-state index in [2.05, 4.69) is 12.2 Å². The predicted molar refractivity (Wildman–Crippen MR) is 54.5 cm³/mol. The number of unbranched alkanes of at least 4 members (excludes halogenated alkanes) is 2. The Hall–Kier alpha value is -0.530. The molecule has 0 aromatic heterocycles. The highest BCUT2D eigenvalue weighted by Crippen LogP contribution is 2.33. The highest BCUT2D eigenvalue weighted by atomic mass is 16.1. The first-order valence-corrected chi connectivity index (χ1v) is 5.59. The summed E-state index contributed by atoms with van der Waals surface area (Å²) in [7, 11) is 0. The molecule has 1 amide bonds. The van der Waals surface area contributed by atoms with Crippen molar-refractivity contribution < 1.29 is 4.79 Å². The van der Waals surface area contributed by atoms with Crippen LogP contribution in [0.3, 0.4) is 0 Å². The third-order valence-electron chi connectivity index (χ3n) is 2.58. The highest BCUT2D eigenvalue weighted by molar-refractivity contribution is 5.75. The zero-order chi connectivity index (χ0) is 9.52. The first kappa shape index (κ1) is 10.6. The maximum absolute atomic E-state index is 11.2. The van der Waals surface area contributed by atoms with Crippen LogP contribution in [0, 0.1) is 5.92 Å². The Morgan fingerprint density at radius 2 is 2.15 bits per heavy atom. The predicted octanol–water partition coefficient (Wildman–Crippen LogP) is 2.48. The van der Waals surface area contributed by atoms with Gasteiger partial charge in [0.15, 0.2) is 0 Å². The molecule has 1 N–H and O–H groups in total. The van der Waals surface area contributed by atoms with Crippen LogP contribution in [0.2, 0.25) is 0 Å². The number of nitrogens with one attached hydrogen (secondary N) is 1. The van der Waals surface area contributed by atoms with E-state index in [1.54, 1.807) is 0 Å². The summed E-state index contributed by atoms with van der Waals surface area (Å²) in [5.41, 5.74) is 0. The minimum atomic E-state index is 0.253. The summed E-state index contributed by atoms with van der Waals surface area (Å²) in [6, 6.07) is 0. The van der Waals surface area contributed by atoms with E-state index < -0.39 is 0 Å². The molecule has 1 aliphatic rings. The minimum absolute atomic E-state index is 0.253. The normalized spacial score (nSPS) is 15.8. The lowest BCUT2D eigenvalue weighted by molar-refractivity contribution is -0.121. The summed E-state index contributed by atoms with van der Waals surface area (Å²) in [6.45, 7) is 3.05. The van der Waals surface area contributed by atoms with Crippen LogP contribution in [0.5, 0.6) is 0 Å². The van der Waals surface area contributed by atoms with Gasteiger partial charge in [0.05, 0.1) is 0 Å². The molecule has 2 nitrogen and oxygen atoms in total. The van der Waals surface area contributed by atoms with Gasteiger partial charge < -0.3 is 5.32 Å². The highest BCUT2D eigenvalue weighted by Gasteiger charge is 2.21. The van der Waals surface area contributed by atoms with E-state index in [1.165, 1.54) is 25.7 Å². The molecule has 0 radical (unpaired) electrons. The quantitative estimate of drug-likeness (QED) is 0.604. The van der Waals surface area contributed by atoms with Crippen molar-refractivity contribution in [1.29, 1.82) is 0 Å². The summed E-state index contributed by atoms with van der Waals surface area (Å²) in [5, 5.41) is 2.96. The number of carbonyl (C=O) groups is 1. The smallest absolute Gasteiger partial charge is 0.220 e. The third-order valence-corrected chi connectivity index (χ3v) is 2.58. The van der Waals surface area contributed by atoms with Gasteiger partial charge in [-0.1, -0.05) is 32.6 Å². The Morgan fingerprint density at radius 3 is 2.77 bits per heavy atom. The molecule has 1 saturated carbocycles. The van der Waals surface area contributed by atoms with Gasteiger partial charge in [-0.2, -0.15) is 0 Å². The number of hydrogen-bond acceptors (Lipinski definition) is 1. The summed E-state index contributed by atoms with van der Waals surface area (Å²) in [4.78, 5) is 11.2. The van der Waals surface area contributed by atoms with Crippen molar-refractivity contribution >= 4 is 5.91 Å². The lowest BCUT2D eigenvalue weighted by Crippen LogP contribution is -2.24. The van der Waals surface area contributed by atoms with E-state index in [0.717, 1.165) is 31.7 Å². The van der Waals surface area contributed by atoms with Crippen molar-refractivity contribution in [2.45, 2.75) is 51.9 Å². The SMILES string of the molecule is CCCCCNC(=O)CCC1CC1. The van der Waals surface area contributed by atoms with Crippen LogP contribution in [-0.2, 0) is 4.79 Å². The van der Waals surface area contributed by atoms with Gasteiger partial charge in [-0.3, -0.25) is 4.79 Å².